The number of rotatable bonds is 6. The van der Waals surface area contributed by atoms with Crippen LogP contribution in [0.4, 0.5) is 0 Å². The molecule has 0 spiro atoms. The number of aryl methyl sites for hydroxylation is 1. The topological polar surface area (TPSA) is 49.3 Å². The van der Waals surface area contributed by atoms with Crippen LogP contribution in [0.2, 0.25) is 0 Å². The lowest BCUT2D eigenvalue weighted by molar-refractivity contribution is 0.324. The SMILES string of the molecule is CCNC(=NCCc1ncc(CC)s1)NC1CCCC(C)C1.I. The summed E-state index contributed by atoms with van der Waals surface area (Å²) in [6.07, 6.45) is 9.23. The number of halogens is 1. The Kier molecular flexibility index (Phi) is 10.1. The monoisotopic (exact) mass is 450 g/mol. The molecule has 4 nitrogen and oxygen atoms in total. The Morgan fingerprint density at radius 2 is 2.22 bits per heavy atom. The Labute approximate surface area is 162 Å². The molecule has 2 N–H and O–H groups in total. The van der Waals surface area contributed by atoms with Crippen LogP contribution in [0.15, 0.2) is 11.2 Å². The van der Waals surface area contributed by atoms with Crippen molar-refractivity contribution >= 4 is 41.3 Å². The van der Waals surface area contributed by atoms with Gasteiger partial charge >= 0.3 is 0 Å². The van der Waals surface area contributed by atoms with Crippen molar-refractivity contribution < 1.29 is 0 Å². The minimum atomic E-state index is 0. The van der Waals surface area contributed by atoms with Gasteiger partial charge < -0.3 is 10.6 Å². The zero-order valence-corrected chi connectivity index (χ0v) is 17.7. The quantitative estimate of drug-likeness (QED) is 0.391. The number of aliphatic imine (C=N–C) groups is 1. The predicted octanol–water partition coefficient (Wildman–Crippen LogP) is 4.00. The van der Waals surface area contributed by atoms with Crippen LogP contribution in [-0.2, 0) is 12.8 Å². The maximum atomic E-state index is 4.72. The Morgan fingerprint density at radius 1 is 1.39 bits per heavy atom. The third-order valence-electron chi connectivity index (χ3n) is 4.17. The van der Waals surface area contributed by atoms with Gasteiger partial charge in [-0.3, -0.25) is 4.99 Å². The summed E-state index contributed by atoms with van der Waals surface area (Å²) in [6.45, 7) is 8.36. The van der Waals surface area contributed by atoms with Gasteiger partial charge in [-0.05, 0) is 32.1 Å². The van der Waals surface area contributed by atoms with E-state index in [1.54, 1.807) is 0 Å². The highest BCUT2D eigenvalue weighted by atomic mass is 127. The van der Waals surface area contributed by atoms with Gasteiger partial charge in [0.05, 0.1) is 5.01 Å². The first kappa shape index (κ1) is 20.7. The van der Waals surface area contributed by atoms with E-state index < -0.39 is 0 Å². The van der Waals surface area contributed by atoms with Crippen molar-refractivity contribution in [1.29, 1.82) is 0 Å². The first-order chi connectivity index (χ1) is 10.7. The number of hydrogen-bond donors (Lipinski definition) is 2. The van der Waals surface area contributed by atoms with Crippen molar-refractivity contribution in [3.63, 3.8) is 0 Å². The molecule has 0 aliphatic heterocycles. The summed E-state index contributed by atoms with van der Waals surface area (Å²) in [4.78, 5) is 10.5. The molecule has 0 amide bonds. The maximum Gasteiger partial charge on any atom is 0.191 e. The molecule has 1 aliphatic rings. The highest BCUT2D eigenvalue weighted by Crippen LogP contribution is 2.23. The van der Waals surface area contributed by atoms with Gasteiger partial charge in [0, 0.05) is 36.6 Å². The number of nitrogens with one attached hydrogen (secondary N) is 2. The van der Waals surface area contributed by atoms with E-state index in [-0.39, 0.29) is 24.0 Å². The molecule has 132 valence electrons. The van der Waals surface area contributed by atoms with Crippen molar-refractivity contribution in [2.24, 2.45) is 10.9 Å². The molecule has 23 heavy (non-hydrogen) atoms. The van der Waals surface area contributed by atoms with E-state index in [1.807, 2.05) is 17.5 Å². The Morgan fingerprint density at radius 3 is 2.87 bits per heavy atom. The number of nitrogens with zero attached hydrogens (tertiary/aromatic N) is 2. The van der Waals surface area contributed by atoms with Gasteiger partial charge in [-0.1, -0.05) is 26.7 Å². The highest BCUT2D eigenvalue weighted by molar-refractivity contribution is 14.0. The lowest BCUT2D eigenvalue weighted by atomic mass is 9.87. The minimum Gasteiger partial charge on any atom is -0.357 e. The molecule has 2 rings (SSSR count). The standard InChI is InChI=1S/C17H30N4S.HI/c1-4-15-12-20-16(22-15)9-10-19-17(18-5-2)21-14-8-6-7-13(3)11-14;/h12-14H,4-11H2,1-3H3,(H2,18,19,21);1H. The molecule has 2 atom stereocenters. The molecule has 1 aliphatic carbocycles. The number of aromatic nitrogens is 1. The lowest BCUT2D eigenvalue weighted by Crippen LogP contribution is -2.45. The largest absolute Gasteiger partial charge is 0.357 e. The fraction of sp³-hybridized carbons (Fsp3) is 0.765. The van der Waals surface area contributed by atoms with Crippen LogP contribution >= 0.6 is 35.3 Å². The van der Waals surface area contributed by atoms with Gasteiger partial charge in [0.25, 0.3) is 0 Å². The molecule has 1 fully saturated rings. The van der Waals surface area contributed by atoms with Crippen LogP contribution in [0.3, 0.4) is 0 Å². The van der Waals surface area contributed by atoms with Crippen molar-refractivity contribution in [1.82, 2.24) is 15.6 Å². The van der Waals surface area contributed by atoms with E-state index >= 15 is 0 Å². The fourth-order valence-electron chi connectivity index (χ4n) is 2.97. The maximum absolute atomic E-state index is 4.72. The lowest BCUT2D eigenvalue weighted by Gasteiger charge is -2.28. The molecule has 0 saturated heterocycles. The third-order valence-corrected chi connectivity index (χ3v) is 5.37. The van der Waals surface area contributed by atoms with Gasteiger partial charge in [-0.2, -0.15) is 0 Å². The van der Waals surface area contributed by atoms with Crippen LogP contribution < -0.4 is 10.6 Å². The van der Waals surface area contributed by atoms with Gasteiger partial charge in [0.15, 0.2) is 5.96 Å². The minimum absolute atomic E-state index is 0. The molecule has 1 aromatic heterocycles. The Balaban J connectivity index is 0.00000264. The van der Waals surface area contributed by atoms with E-state index in [4.69, 9.17) is 4.99 Å². The predicted molar refractivity (Wildman–Crippen MR) is 111 cm³/mol. The first-order valence-corrected chi connectivity index (χ1v) is 9.51. The van der Waals surface area contributed by atoms with Crippen molar-refractivity contribution in [3.05, 3.63) is 16.1 Å². The van der Waals surface area contributed by atoms with E-state index in [1.165, 1.54) is 35.6 Å². The molecule has 2 unspecified atom stereocenters. The molecule has 0 bridgehead atoms. The Hall–Kier alpha value is -0.370. The smallest absolute Gasteiger partial charge is 0.191 e. The number of hydrogen-bond acceptors (Lipinski definition) is 3. The summed E-state index contributed by atoms with van der Waals surface area (Å²) in [7, 11) is 0. The normalized spacial score (nSPS) is 21.6. The second-order valence-electron chi connectivity index (χ2n) is 6.20. The fourth-order valence-corrected chi connectivity index (χ4v) is 3.82. The van der Waals surface area contributed by atoms with Gasteiger partial charge in [0.2, 0.25) is 0 Å². The van der Waals surface area contributed by atoms with Gasteiger partial charge in [0.1, 0.15) is 0 Å². The molecule has 1 saturated carbocycles. The van der Waals surface area contributed by atoms with Gasteiger partial charge in [-0.25, -0.2) is 4.98 Å². The van der Waals surface area contributed by atoms with Gasteiger partial charge in [-0.15, -0.1) is 35.3 Å². The molecule has 6 heteroatoms. The van der Waals surface area contributed by atoms with Crippen molar-refractivity contribution in [3.8, 4) is 0 Å². The van der Waals surface area contributed by atoms with E-state index in [0.717, 1.165) is 37.8 Å². The Bertz CT molecular complexity index is 475. The second kappa shape index (κ2) is 11.2. The molecule has 1 aromatic rings. The molecule has 0 radical (unpaired) electrons. The summed E-state index contributed by atoms with van der Waals surface area (Å²) in [5.41, 5.74) is 0. The summed E-state index contributed by atoms with van der Waals surface area (Å²) in [5.74, 6) is 1.80. The van der Waals surface area contributed by atoms with Crippen molar-refractivity contribution in [2.45, 2.75) is 65.3 Å². The summed E-state index contributed by atoms with van der Waals surface area (Å²) < 4.78 is 0. The summed E-state index contributed by atoms with van der Waals surface area (Å²) in [6, 6.07) is 0.577. The van der Waals surface area contributed by atoms with Crippen LogP contribution in [-0.4, -0.2) is 30.1 Å². The third kappa shape index (κ3) is 7.37. The second-order valence-corrected chi connectivity index (χ2v) is 7.40. The highest BCUT2D eigenvalue weighted by Gasteiger charge is 2.19. The van der Waals surface area contributed by atoms with Crippen LogP contribution in [0.25, 0.3) is 0 Å². The summed E-state index contributed by atoms with van der Waals surface area (Å²) in [5, 5.41) is 8.18. The number of thiazole rings is 1. The van der Waals surface area contributed by atoms with Crippen LogP contribution in [0, 0.1) is 5.92 Å². The zero-order chi connectivity index (χ0) is 15.8. The molecular formula is C17H31IN4S. The average molecular weight is 450 g/mol. The zero-order valence-electron chi connectivity index (χ0n) is 14.6. The van der Waals surface area contributed by atoms with E-state index in [9.17, 15) is 0 Å². The van der Waals surface area contributed by atoms with Crippen LogP contribution in [0.1, 0.15) is 56.3 Å². The molecule has 0 aromatic carbocycles. The summed E-state index contributed by atoms with van der Waals surface area (Å²) >= 11 is 1.81. The average Bonchev–Trinajstić information content (AvgIpc) is 2.95. The van der Waals surface area contributed by atoms with Crippen molar-refractivity contribution in [2.75, 3.05) is 13.1 Å². The molecule has 1 heterocycles. The van der Waals surface area contributed by atoms with E-state index in [2.05, 4.69) is 36.4 Å². The molecular weight excluding hydrogens is 419 g/mol. The number of guanidine groups is 1. The first-order valence-electron chi connectivity index (χ1n) is 8.69. The van der Waals surface area contributed by atoms with Crippen LogP contribution in [0.5, 0.6) is 0 Å². The van der Waals surface area contributed by atoms with E-state index in [0.29, 0.717) is 6.04 Å².